The van der Waals surface area contributed by atoms with Crippen molar-refractivity contribution in [2.24, 2.45) is 0 Å². The van der Waals surface area contributed by atoms with Crippen LogP contribution in [0.2, 0.25) is 0 Å². The summed E-state index contributed by atoms with van der Waals surface area (Å²) in [5.74, 6) is -0.490. The maximum absolute atomic E-state index is 13.2. The predicted octanol–water partition coefficient (Wildman–Crippen LogP) is 1.26. The molecule has 192 valence electrons. The summed E-state index contributed by atoms with van der Waals surface area (Å²) in [6.45, 7) is 4.56. The van der Waals surface area contributed by atoms with E-state index in [0.717, 1.165) is 42.8 Å². The van der Waals surface area contributed by atoms with Gasteiger partial charge in [-0.2, -0.15) is 0 Å². The molecule has 4 atom stereocenters. The van der Waals surface area contributed by atoms with Gasteiger partial charge in [-0.25, -0.2) is 8.42 Å². The van der Waals surface area contributed by atoms with Crippen LogP contribution >= 0.6 is 0 Å². The molecule has 2 aromatic rings. The number of piperidine rings is 1. The molecule has 3 N–H and O–H groups in total. The first-order chi connectivity index (χ1) is 16.5. The molecular formula is C25H36N4O5S. The van der Waals surface area contributed by atoms with Gasteiger partial charge in [0.1, 0.15) is 5.56 Å². The third-order valence-electron chi connectivity index (χ3n) is 7.09. The Hall–Kier alpha value is -2.27. The van der Waals surface area contributed by atoms with E-state index in [2.05, 4.69) is 15.5 Å². The molecule has 2 fully saturated rings. The van der Waals surface area contributed by atoms with Crippen molar-refractivity contribution in [2.75, 3.05) is 25.2 Å². The molecular weight excluding hydrogens is 468 g/mol. The average molecular weight is 505 g/mol. The van der Waals surface area contributed by atoms with Crippen LogP contribution in [0.5, 0.6) is 0 Å². The molecule has 1 amide bonds. The number of sulfone groups is 1. The highest BCUT2D eigenvalue weighted by Gasteiger charge is 2.41. The van der Waals surface area contributed by atoms with E-state index in [1.54, 1.807) is 10.6 Å². The summed E-state index contributed by atoms with van der Waals surface area (Å²) in [6.07, 6.45) is 4.00. The summed E-state index contributed by atoms with van der Waals surface area (Å²) >= 11 is 0. The fourth-order valence-electron chi connectivity index (χ4n) is 5.63. The number of aromatic nitrogens is 1. The Morgan fingerprint density at radius 2 is 1.83 bits per heavy atom. The molecule has 3 heterocycles. The largest absolute Gasteiger partial charge is 0.390 e. The first-order valence-electron chi connectivity index (χ1n) is 12.3. The van der Waals surface area contributed by atoms with E-state index in [9.17, 15) is 23.1 Å². The van der Waals surface area contributed by atoms with Gasteiger partial charge >= 0.3 is 0 Å². The molecule has 1 aromatic heterocycles. The summed E-state index contributed by atoms with van der Waals surface area (Å²) in [5.41, 5.74) is 0.709. The number of benzene rings is 1. The highest BCUT2D eigenvalue weighted by atomic mass is 32.2. The maximum atomic E-state index is 13.2. The minimum atomic E-state index is -3.13. The van der Waals surface area contributed by atoms with E-state index in [1.165, 1.54) is 0 Å². The first kappa shape index (κ1) is 25.8. The van der Waals surface area contributed by atoms with Crippen LogP contribution in [0.3, 0.4) is 0 Å². The summed E-state index contributed by atoms with van der Waals surface area (Å²) < 4.78 is 24.2. The van der Waals surface area contributed by atoms with Crippen LogP contribution in [-0.2, 0) is 9.84 Å². The number of aliphatic hydroxyl groups excluding tert-OH is 1. The number of nitrogens with zero attached hydrogens (tertiary/aromatic N) is 2. The number of amides is 1. The molecule has 0 aliphatic carbocycles. The lowest BCUT2D eigenvalue weighted by Crippen LogP contribution is -2.53. The van der Waals surface area contributed by atoms with Crippen LogP contribution in [0, 0.1) is 0 Å². The van der Waals surface area contributed by atoms with Gasteiger partial charge in [0.15, 0.2) is 9.84 Å². The zero-order valence-corrected chi connectivity index (χ0v) is 21.4. The smallest absolute Gasteiger partial charge is 0.264 e. The molecule has 2 unspecified atom stereocenters. The van der Waals surface area contributed by atoms with Crippen LogP contribution in [0.4, 0.5) is 0 Å². The number of nitrogens with one attached hydrogen (secondary N) is 2. The molecule has 9 nitrogen and oxygen atoms in total. The van der Waals surface area contributed by atoms with Crippen molar-refractivity contribution in [1.82, 2.24) is 20.1 Å². The number of fused-ring (bicyclic) bond motifs is 3. The fraction of sp³-hybridized carbons (Fsp3) is 0.600. The standard InChI is InChI=1S/C25H36N4O5S/c1-16(2)29-23-7-5-4-6-17(23)10-22(25(29)32)24(31)27-18-11-19-8-9-20(12-18)28(19)14-21(30)13-26-15-35(3,33)34/h4-7,10,16,18-21,26,30H,8-9,11-15H2,1-3H3,(H,27,31)/t18?,19-,20+,21?. The van der Waals surface area contributed by atoms with E-state index >= 15 is 0 Å². The van der Waals surface area contributed by atoms with Gasteiger partial charge in [-0.1, -0.05) is 18.2 Å². The molecule has 4 rings (SSSR count). The third-order valence-corrected chi connectivity index (χ3v) is 7.82. The van der Waals surface area contributed by atoms with E-state index in [4.69, 9.17) is 0 Å². The van der Waals surface area contributed by atoms with Gasteiger partial charge in [0.2, 0.25) is 0 Å². The molecule has 10 heteroatoms. The number of pyridine rings is 1. The average Bonchev–Trinajstić information content (AvgIpc) is 2.99. The van der Waals surface area contributed by atoms with E-state index in [0.29, 0.717) is 6.54 Å². The molecule has 1 aromatic carbocycles. The summed E-state index contributed by atoms with van der Waals surface area (Å²) in [7, 11) is -3.13. The highest BCUT2D eigenvalue weighted by Crippen LogP contribution is 2.35. The van der Waals surface area contributed by atoms with Crippen LogP contribution in [0.15, 0.2) is 35.1 Å². The SMILES string of the molecule is CC(C)n1c(=O)c(C(=O)NC2C[C@H]3CC[C@@H](C2)N3CC(O)CNCS(C)(=O)=O)cc2ccccc21. The summed E-state index contributed by atoms with van der Waals surface area (Å²) in [6, 6.07) is 9.68. The number of aliphatic hydroxyl groups is 1. The van der Waals surface area contributed by atoms with Crippen molar-refractivity contribution in [3.05, 3.63) is 46.2 Å². The van der Waals surface area contributed by atoms with Crippen LogP contribution in [-0.4, -0.2) is 78.4 Å². The Balaban J connectivity index is 1.41. The topological polar surface area (TPSA) is 121 Å². The molecule has 0 spiro atoms. The number of carbonyl (C=O) groups excluding carboxylic acids is 1. The monoisotopic (exact) mass is 504 g/mol. The molecule has 2 bridgehead atoms. The number of rotatable bonds is 9. The third kappa shape index (κ3) is 5.94. The maximum Gasteiger partial charge on any atom is 0.264 e. The lowest BCUT2D eigenvalue weighted by Gasteiger charge is -2.40. The van der Waals surface area contributed by atoms with Crippen LogP contribution < -0.4 is 16.2 Å². The lowest BCUT2D eigenvalue weighted by molar-refractivity contribution is 0.0509. The van der Waals surface area contributed by atoms with Gasteiger partial charge in [0.05, 0.1) is 17.5 Å². The van der Waals surface area contributed by atoms with E-state index in [1.807, 2.05) is 38.1 Å². The molecule has 35 heavy (non-hydrogen) atoms. The first-order valence-corrected chi connectivity index (χ1v) is 14.4. The second-order valence-electron chi connectivity index (χ2n) is 10.3. The Morgan fingerprint density at radius 1 is 1.17 bits per heavy atom. The molecule has 2 aliphatic rings. The normalized spacial score (nSPS) is 23.6. The van der Waals surface area contributed by atoms with Gasteiger partial charge in [-0.05, 0) is 57.0 Å². The molecule has 0 radical (unpaired) electrons. The summed E-state index contributed by atoms with van der Waals surface area (Å²) in [4.78, 5) is 28.7. The lowest BCUT2D eigenvalue weighted by atomic mass is 9.96. The minimum Gasteiger partial charge on any atom is -0.390 e. The second kappa shape index (κ2) is 10.4. The van der Waals surface area contributed by atoms with Crippen LogP contribution in [0.1, 0.15) is 55.9 Å². The van der Waals surface area contributed by atoms with Crippen molar-refractivity contribution in [1.29, 1.82) is 0 Å². The van der Waals surface area contributed by atoms with E-state index < -0.39 is 15.9 Å². The number of hydrogen-bond acceptors (Lipinski definition) is 7. The van der Waals surface area contributed by atoms with Crippen molar-refractivity contribution in [3.8, 4) is 0 Å². The Labute approximate surface area is 206 Å². The van der Waals surface area contributed by atoms with Gasteiger partial charge < -0.3 is 20.3 Å². The second-order valence-corrected chi connectivity index (χ2v) is 12.4. The van der Waals surface area contributed by atoms with Crippen molar-refractivity contribution < 1.29 is 18.3 Å². The zero-order chi connectivity index (χ0) is 25.3. The highest BCUT2D eigenvalue weighted by molar-refractivity contribution is 7.90. The van der Waals surface area contributed by atoms with E-state index in [-0.39, 0.29) is 53.6 Å². The number of carbonyl (C=O) groups is 1. The van der Waals surface area contributed by atoms with Gasteiger partial charge in [-0.15, -0.1) is 0 Å². The van der Waals surface area contributed by atoms with Gasteiger partial charge in [0, 0.05) is 43.5 Å². The van der Waals surface area contributed by atoms with Crippen LogP contribution in [0.25, 0.3) is 10.9 Å². The summed E-state index contributed by atoms with van der Waals surface area (Å²) in [5, 5.41) is 17.2. The predicted molar refractivity (Wildman–Crippen MR) is 136 cm³/mol. The van der Waals surface area contributed by atoms with Crippen molar-refractivity contribution in [3.63, 3.8) is 0 Å². The Morgan fingerprint density at radius 3 is 2.46 bits per heavy atom. The van der Waals surface area contributed by atoms with Gasteiger partial charge in [-0.3, -0.25) is 14.5 Å². The molecule has 0 saturated carbocycles. The molecule has 2 aliphatic heterocycles. The quantitative estimate of drug-likeness (QED) is 0.470. The molecule has 2 saturated heterocycles. The fourth-order valence-corrected chi connectivity index (χ4v) is 6.12. The number of hydrogen-bond donors (Lipinski definition) is 3. The minimum absolute atomic E-state index is 0.0323. The number of para-hydroxylation sites is 1. The Kier molecular flexibility index (Phi) is 7.65. The van der Waals surface area contributed by atoms with Crippen molar-refractivity contribution >= 4 is 26.6 Å². The van der Waals surface area contributed by atoms with Gasteiger partial charge in [0.25, 0.3) is 11.5 Å². The van der Waals surface area contributed by atoms with Crippen molar-refractivity contribution in [2.45, 2.75) is 69.8 Å². The zero-order valence-electron chi connectivity index (χ0n) is 20.6. The Bertz CT molecular complexity index is 1230.